The molecule has 2 aromatic heterocycles. The summed E-state index contributed by atoms with van der Waals surface area (Å²) in [6.45, 7) is 4.01. The number of nitrogens with one attached hydrogen (secondary N) is 1. The second kappa shape index (κ2) is 9.11. The Morgan fingerprint density at radius 1 is 1.13 bits per heavy atom. The third-order valence-corrected chi connectivity index (χ3v) is 6.40. The second-order valence-electron chi connectivity index (χ2n) is 6.45. The molecule has 0 spiro atoms. The minimum Gasteiger partial charge on any atom is -0.352 e. The van der Waals surface area contributed by atoms with Crippen LogP contribution in [0.3, 0.4) is 0 Å². The van der Waals surface area contributed by atoms with Crippen LogP contribution >= 0.6 is 23.1 Å². The molecule has 0 atom stereocenters. The first-order chi connectivity index (χ1) is 14.7. The summed E-state index contributed by atoms with van der Waals surface area (Å²) < 4.78 is 1.58. The molecule has 0 unspecified atom stereocenters. The first kappa shape index (κ1) is 20.1. The lowest BCUT2D eigenvalue weighted by molar-refractivity contribution is -0.118. The van der Waals surface area contributed by atoms with Crippen LogP contribution in [0.4, 0.5) is 0 Å². The quantitative estimate of drug-likeness (QED) is 0.265. The van der Waals surface area contributed by atoms with E-state index in [-0.39, 0.29) is 17.2 Å². The molecule has 0 saturated carbocycles. The predicted octanol–water partition coefficient (Wildman–Crippen LogP) is 4.51. The largest absolute Gasteiger partial charge is 0.352 e. The number of thioether (sulfide) groups is 1. The third-order valence-electron chi connectivity index (χ3n) is 4.38. The summed E-state index contributed by atoms with van der Waals surface area (Å²) in [5.41, 5.74) is 1.63. The number of hydrogen-bond acceptors (Lipinski definition) is 5. The highest BCUT2D eigenvalue weighted by Crippen LogP contribution is 2.32. The van der Waals surface area contributed by atoms with E-state index in [0.717, 1.165) is 16.1 Å². The second-order valence-corrected chi connectivity index (χ2v) is 8.42. The Labute approximate surface area is 182 Å². The van der Waals surface area contributed by atoms with Gasteiger partial charge in [-0.25, -0.2) is 4.98 Å². The van der Waals surface area contributed by atoms with Crippen molar-refractivity contribution >= 4 is 39.2 Å². The van der Waals surface area contributed by atoms with Crippen LogP contribution in [0.5, 0.6) is 0 Å². The monoisotopic (exact) mass is 433 g/mol. The molecule has 2 aromatic carbocycles. The van der Waals surface area contributed by atoms with Crippen molar-refractivity contribution in [2.75, 3.05) is 12.3 Å². The minimum atomic E-state index is -0.140. The topological polar surface area (TPSA) is 64.0 Å². The highest BCUT2D eigenvalue weighted by Gasteiger charge is 2.17. The molecule has 0 radical (unpaired) electrons. The number of hydrogen-bond donors (Lipinski definition) is 1. The highest BCUT2D eigenvalue weighted by molar-refractivity contribution is 7.99. The standard InChI is InChI=1S/C23H19N3O2S2/c1-2-13-24-20(27)15-29-23-25-21-18(14-19(30-21)16-9-5-3-6-10-16)22(28)26(23)17-11-7-4-8-12-17/h2-12,14H,1,13,15H2,(H,24,27). The lowest BCUT2D eigenvalue weighted by atomic mass is 10.2. The van der Waals surface area contributed by atoms with E-state index in [1.54, 1.807) is 10.6 Å². The minimum absolute atomic E-state index is 0.134. The van der Waals surface area contributed by atoms with Gasteiger partial charge in [0.25, 0.3) is 5.56 Å². The van der Waals surface area contributed by atoms with Gasteiger partial charge in [0, 0.05) is 11.4 Å². The number of amides is 1. The Kier molecular flexibility index (Phi) is 6.11. The van der Waals surface area contributed by atoms with Gasteiger partial charge >= 0.3 is 0 Å². The average Bonchev–Trinajstić information content (AvgIpc) is 3.22. The number of benzene rings is 2. The highest BCUT2D eigenvalue weighted by atomic mass is 32.2. The van der Waals surface area contributed by atoms with Crippen molar-refractivity contribution in [3.05, 3.63) is 89.7 Å². The molecule has 1 amide bonds. The van der Waals surface area contributed by atoms with Crippen LogP contribution in [0.1, 0.15) is 0 Å². The van der Waals surface area contributed by atoms with E-state index in [4.69, 9.17) is 4.98 Å². The van der Waals surface area contributed by atoms with E-state index in [9.17, 15) is 9.59 Å². The molecular formula is C23H19N3O2S2. The molecule has 0 aliphatic heterocycles. The van der Waals surface area contributed by atoms with Crippen molar-refractivity contribution < 1.29 is 4.79 Å². The number of aromatic nitrogens is 2. The zero-order chi connectivity index (χ0) is 20.9. The Balaban J connectivity index is 1.80. The zero-order valence-electron chi connectivity index (χ0n) is 16.1. The molecule has 150 valence electrons. The van der Waals surface area contributed by atoms with E-state index in [1.165, 1.54) is 23.1 Å². The molecule has 30 heavy (non-hydrogen) atoms. The van der Waals surface area contributed by atoms with Gasteiger partial charge in [-0.3, -0.25) is 14.2 Å². The summed E-state index contributed by atoms with van der Waals surface area (Å²) in [5.74, 6) is 0.0280. The molecule has 0 aliphatic rings. The van der Waals surface area contributed by atoms with Gasteiger partial charge in [0.05, 0.1) is 16.8 Å². The molecule has 0 bridgehead atoms. The molecule has 0 saturated heterocycles. The van der Waals surface area contributed by atoms with Crippen molar-refractivity contribution in [2.45, 2.75) is 5.16 Å². The molecule has 4 aromatic rings. The van der Waals surface area contributed by atoms with E-state index in [1.807, 2.05) is 66.7 Å². The molecule has 0 aliphatic carbocycles. The Hall–Kier alpha value is -3.16. The predicted molar refractivity (Wildman–Crippen MR) is 125 cm³/mol. The summed E-state index contributed by atoms with van der Waals surface area (Å²) in [6, 6.07) is 21.2. The number of thiophene rings is 1. The number of carbonyl (C=O) groups is 1. The van der Waals surface area contributed by atoms with Crippen LogP contribution in [0.15, 0.2) is 89.3 Å². The number of rotatable bonds is 7. The van der Waals surface area contributed by atoms with E-state index >= 15 is 0 Å². The summed E-state index contributed by atoms with van der Waals surface area (Å²) in [7, 11) is 0. The van der Waals surface area contributed by atoms with Crippen molar-refractivity contribution in [3.8, 4) is 16.1 Å². The maximum absolute atomic E-state index is 13.4. The van der Waals surface area contributed by atoms with Crippen LogP contribution in [-0.4, -0.2) is 27.8 Å². The lowest BCUT2D eigenvalue weighted by Gasteiger charge is -2.11. The fourth-order valence-electron chi connectivity index (χ4n) is 2.98. The molecule has 4 rings (SSSR count). The molecule has 1 N–H and O–H groups in total. The van der Waals surface area contributed by atoms with Crippen LogP contribution in [-0.2, 0) is 4.79 Å². The summed E-state index contributed by atoms with van der Waals surface area (Å²) in [6.07, 6.45) is 1.63. The molecule has 0 fully saturated rings. The smallest absolute Gasteiger partial charge is 0.267 e. The van der Waals surface area contributed by atoms with E-state index < -0.39 is 0 Å². The van der Waals surface area contributed by atoms with Crippen molar-refractivity contribution in [1.82, 2.24) is 14.9 Å². The van der Waals surface area contributed by atoms with Crippen molar-refractivity contribution in [2.24, 2.45) is 0 Å². The van der Waals surface area contributed by atoms with Gasteiger partial charge in [0.15, 0.2) is 5.16 Å². The number of para-hydroxylation sites is 1. The summed E-state index contributed by atoms with van der Waals surface area (Å²) in [4.78, 5) is 31.9. The maximum atomic E-state index is 13.4. The average molecular weight is 434 g/mol. The van der Waals surface area contributed by atoms with E-state index in [0.29, 0.717) is 21.9 Å². The number of fused-ring (bicyclic) bond motifs is 1. The number of carbonyl (C=O) groups excluding carboxylic acids is 1. The molecule has 7 heteroatoms. The van der Waals surface area contributed by atoms with E-state index in [2.05, 4.69) is 11.9 Å². The third kappa shape index (κ3) is 4.22. The molecular weight excluding hydrogens is 414 g/mol. The number of nitrogens with zero attached hydrogens (tertiary/aromatic N) is 2. The first-order valence-corrected chi connectivity index (χ1v) is 11.2. The maximum Gasteiger partial charge on any atom is 0.267 e. The van der Waals surface area contributed by atoms with Gasteiger partial charge < -0.3 is 5.32 Å². The van der Waals surface area contributed by atoms with Gasteiger partial charge in [-0.05, 0) is 23.8 Å². The van der Waals surface area contributed by atoms with Crippen LogP contribution < -0.4 is 10.9 Å². The fraction of sp³-hybridized carbons (Fsp3) is 0.0870. The zero-order valence-corrected chi connectivity index (χ0v) is 17.7. The SMILES string of the molecule is C=CCNC(=O)CSc1nc2sc(-c3ccccc3)cc2c(=O)n1-c1ccccc1. The van der Waals surface area contributed by atoms with Crippen molar-refractivity contribution in [1.29, 1.82) is 0 Å². The molecule has 5 nitrogen and oxygen atoms in total. The first-order valence-electron chi connectivity index (χ1n) is 9.35. The fourth-order valence-corrected chi connectivity index (χ4v) is 4.90. The Morgan fingerprint density at radius 3 is 2.53 bits per heavy atom. The Morgan fingerprint density at radius 2 is 1.83 bits per heavy atom. The summed E-state index contributed by atoms with van der Waals surface area (Å²) in [5, 5.41) is 3.82. The van der Waals surface area contributed by atoms with Gasteiger partial charge in [0.1, 0.15) is 4.83 Å². The lowest BCUT2D eigenvalue weighted by Crippen LogP contribution is -2.26. The van der Waals surface area contributed by atoms with Crippen molar-refractivity contribution in [3.63, 3.8) is 0 Å². The van der Waals surface area contributed by atoms with Gasteiger partial charge in [0.2, 0.25) is 5.91 Å². The van der Waals surface area contributed by atoms with Crippen LogP contribution in [0.2, 0.25) is 0 Å². The van der Waals surface area contributed by atoms with Gasteiger partial charge in [-0.1, -0.05) is 66.4 Å². The van der Waals surface area contributed by atoms with Crippen LogP contribution in [0, 0.1) is 0 Å². The normalized spacial score (nSPS) is 10.8. The van der Waals surface area contributed by atoms with Crippen LogP contribution in [0.25, 0.3) is 26.3 Å². The molecule has 2 heterocycles. The van der Waals surface area contributed by atoms with Gasteiger partial charge in [-0.15, -0.1) is 17.9 Å². The van der Waals surface area contributed by atoms with Gasteiger partial charge in [-0.2, -0.15) is 0 Å². The summed E-state index contributed by atoms with van der Waals surface area (Å²) >= 11 is 2.73. The Bertz CT molecular complexity index is 1250.